The zero-order chi connectivity index (χ0) is 17.9. The Kier molecular flexibility index (Phi) is 7.25. The van der Waals surface area contributed by atoms with E-state index in [0.29, 0.717) is 0 Å². The molecular weight excluding hydrogens is 308 g/mol. The summed E-state index contributed by atoms with van der Waals surface area (Å²) in [6.07, 6.45) is 4.00. The summed E-state index contributed by atoms with van der Waals surface area (Å²) in [7, 11) is 1.64. The topological polar surface area (TPSA) is 34.0 Å². The number of hydrogen-bond acceptors (Lipinski definition) is 3. The summed E-state index contributed by atoms with van der Waals surface area (Å²) in [5, 5.41) is 0. The largest absolute Gasteiger partial charge is 0.497 e. The fourth-order valence-electron chi connectivity index (χ4n) is 2.06. The minimum absolute atomic E-state index is 0.773. The van der Waals surface area contributed by atoms with Crippen LogP contribution in [0.4, 0.5) is 11.4 Å². The van der Waals surface area contributed by atoms with Crippen molar-refractivity contribution in [2.75, 3.05) is 7.11 Å². The zero-order valence-corrected chi connectivity index (χ0v) is 14.9. The Bertz CT molecular complexity index is 842. The summed E-state index contributed by atoms with van der Waals surface area (Å²) in [5.41, 5.74) is 3.75. The van der Waals surface area contributed by atoms with Crippen molar-refractivity contribution in [2.24, 2.45) is 9.98 Å². The van der Waals surface area contributed by atoms with E-state index < -0.39 is 0 Å². The molecule has 126 valence electrons. The standard InChI is InChI=1S/C22H22N2O/c1-18(2)9-5-4-6-10-19-11-7-8-12-22(19)24-17-23-20-13-15-21(25-3)16-14-20/h7-9,11-16H,4-5H2,1-3H3. The second kappa shape index (κ2) is 9.93. The highest BCUT2D eigenvalue weighted by Gasteiger charge is 1.95. The second-order valence-corrected chi connectivity index (χ2v) is 5.66. The van der Waals surface area contributed by atoms with E-state index in [2.05, 4.69) is 47.8 Å². The number of allylic oxidation sites excluding steroid dienone is 2. The van der Waals surface area contributed by atoms with Gasteiger partial charge in [-0.1, -0.05) is 35.6 Å². The first kappa shape index (κ1) is 18.3. The number of benzene rings is 2. The van der Waals surface area contributed by atoms with Gasteiger partial charge in [0, 0.05) is 6.42 Å². The molecule has 0 spiro atoms. The van der Waals surface area contributed by atoms with Crippen LogP contribution in [0.5, 0.6) is 5.75 Å². The van der Waals surface area contributed by atoms with Gasteiger partial charge in [-0.2, -0.15) is 9.98 Å². The van der Waals surface area contributed by atoms with Gasteiger partial charge in [0.1, 0.15) is 11.8 Å². The Balaban J connectivity index is 2.10. The number of hydrogen-bond donors (Lipinski definition) is 0. The summed E-state index contributed by atoms with van der Waals surface area (Å²) in [6.45, 7) is 4.19. The molecular formula is C22H22N2O. The van der Waals surface area contributed by atoms with E-state index in [1.54, 1.807) is 7.11 Å². The third-order valence-electron chi connectivity index (χ3n) is 3.37. The highest BCUT2D eigenvalue weighted by molar-refractivity contribution is 5.63. The summed E-state index contributed by atoms with van der Waals surface area (Å²) in [5.74, 6) is 7.17. The fraction of sp³-hybridized carbons (Fsp3) is 0.227. The number of ether oxygens (including phenoxy) is 1. The first-order valence-corrected chi connectivity index (χ1v) is 8.21. The SMILES string of the molecule is COc1ccc(N=C=Nc2ccccc2C#CCCC=C(C)C)cc1. The lowest BCUT2D eigenvalue weighted by Crippen LogP contribution is -1.79. The van der Waals surface area contributed by atoms with Gasteiger partial charge in [-0.05, 0) is 56.7 Å². The van der Waals surface area contributed by atoms with Crippen LogP contribution in [0.2, 0.25) is 0 Å². The van der Waals surface area contributed by atoms with E-state index in [1.165, 1.54) is 5.57 Å². The van der Waals surface area contributed by atoms with E-state index in [9.17, 15) is 0 Å². The third-order valence-corrected chi connectivity index (χ3v) is 3.37. The van der Waals surface area contributed by atoms with E-state index in [0.717, 1.165) is 35.5 Å². The second-order valence-electron chi connectivity index (χ2n) is 5.66. The van der Waals surface area contributed by atoms with E-state index in [4.69, 9.17) is 4.74 Å². The molecule has 0 aliphatic carbocycles. The first-order chi connectivity index (χ1) is 12.2. The number of rotatable bonds is 5. The maximum Gasteiger partial charge on any atom is 0.119 e. The molecule has 0 fully saturated rings. The molecule has 0 radical (unpaired) electrons. The van der Waals surface area contributed by atoms with Gasteiger partial charge in [0.05, 0.1) is 24.0 Å². The van der Waals surface area contributed by atoms with Crippen molar-refractivity contribution in [3.63, 3.8) is 0 Å². The molecule has 3 heteroatoms. The van der Waals surface area contributed by atoms with Gasteiger partial charge in [-0.25, -0.2) is 0 Å². The zero-order valence-electron chi connectivity index (χ0n) is 14.9. The molecule has 0 bridgehead atoms. The molecule has 2 aromatic carbocycles. The monoisotopic (exact) mass is 330 g/mol. The molecule has 0 atom stereocenters. The molecule has 25 heavy (non-hydrogen) atoms. The molecule has 0 aliphatic rings. The number of para-hydroxylation sites is 1. The fourth-order valence-corrected chi connectivity index (χ4v) is 2.06. The van der Waals surface area contributed by atoms with Crippen LogP contribution in [-0.2, 0) is 0 Å². The number of aliphatic imine (C=N–C) groups is 2. The summed E-state index contributed by atoms with van der Waals surface area (Å²) in [4.78, 5) is 8.53. The van der Waals surface area contributed by atoms with Gasteiger partial charge in [0.2, 0.25) is 0 Å². The van der Waals surface area contributed by atoms with E-state index in [1.807, 2.05) is 48.5 Å². The van der Waals surface area contributed by atoms with Gasteiger partial charge < -0.3 is 4.74 Å². The van der Waals surface area contributed by atoms with Gasteiger partial charge in [-0.3, -0.25) is 0 Å². The molecule has 0 saturated carbocycles. The number of methoxy groups -OCH3 is 1. The maximum absolute atomic E-state index is 5.12. The van der Waals surface area contributed by atoms with Crippen LogP contribution in [0.1, 0.15) is 32.3 Å². The Labute approximate surface area is 149 Å². The van der Waals surface area contributed by atoms with Gasteiger partial charge in [0.15, 0.2) is 0 Å². The lowest BCUT2D eigenvalue weighted by molar-refractivity contribution is 0.415. The Hall–Kier alpha value is -3.08. The molecule has 3 nitrogen and oxygen atoms in total. The highest BCUT2D eigenvalue weighted by Crippen LogP contribution is 2.19. The molecule has 0 saturated heterocycles. The van der Waals surface area contributed by atoms with E-state index in [-0.39, 0.29) is 0 Å². The molecule has 2 aromatic rings. The lowest BCUT2D eigenvalue weighted by atomic mass is 10.1. The first-order valence-electron chi connectivity index (χ1n) is 8.21. The predicted molar refractivity (Wildman–Crippen MR) is 104 cm³/mol. The van der Waals surface area contributed by atoms with Crippen molar-refractivity contribution in [1.29, 1.82) is 0 Å². The Morgan fingerprint density at radius 2 is 1.80 bits per heavy atom. The average molecular weight is 330 g/mol. The summed E-state index contributed by atoms with van der Waals surface area (Å²) in [6, 6.07) is 17.9. The van der Waals surface area contributed by atoms with Crippen LogP contribution < -0.4 is 4.74 Å². The Morgan fingerprint density at radius 1 is 1.04 bits per heavy atom. The minimum Gasteiger partial charge on any atom is -0.497 e. The van der Waals surface area contributed by atoms with Crippen molar-refractivity contribution in [1.82, 2.24) is 0 Å². The van der Waals surface area contributed by atoms with Crippen molar-refractivity contribution in [3.8, 4) is 17.6 Å². The van der Waals surface area contributed by atoms with Gasteiger partial charge >= 0.3 is 0 Å². The van der Waals surface area contributed by atoms with Crippen LogP contribution in [0.25, 0.3) is 0 Å². The minimum atomic E-state index is 0.773. The molecule has 2 rings (SSSR count). The third kappa shape index (κ3) is 6.51. The summed E-state index contributed by atoms with van der Waals surface area (Å²) >= 11 is 0. The molecule has 0 heterocycles. The molecule has 0 N–H and O–H groups in total. The molecule has 0 unspecified atom stereocenters. The molecule has 0 aliphatic heterocycles. The number of nitrogens with zero attached hydrogens (tertiary/aromatic N) is 2. The quantitative estimate of drug-likeness (QED) is 0.289. The maximum atomic E-state index is 5.12. The van der Waals surface area contributed by atoms with Crippen LogP contribution in [0.15, 0.2) is 70.2 Å². The van der Waals surface area contributed by atoms with E-state index >= 15 is 0 Å². The number of unbranched alkanes of at least 4 members (excludes halogenated alkanes) is 1. The highest BCUT2D eigenvalue weighted by atomic mass is 16.5. The average Bonchev–Trinajstić information content (AvgIpc) is 2.63. The van der Waals surface area contributed by atoms with Crippen molar-refractivity contribution in [2.45, 2.75) is 26.7 Å². The van der Waals surface area contributed by atoms with Crippen LogP contribution >= 0.6 is 0 Å². The van der Waals surface area contributed by atoms with Crippen molar-refractivity contribution in [3.05, 3.63) is 65.7 Å². The molecule has 0 amide bonds. The predicted octanol–water partition coefficient (Wildman–Crippen LogP) is 5.93. The van der Waals surface area contributed by atoms with Gasteiger partial charge in [0.25, 0.3) is 0 Å². The lowest BCUT2D eigenvalue weighted by Gasteiger charge is -1.97. The van der Waals surface area contributed by atoms with Crippen LogP contribution in [0, 0.1) is 11.8 Å². The van der Waals surface area contributed by atoms with Crippen LogP contribution in [0.3, 0.4) is 0 Å². The smallest absolute Gasteiger partial charge is 0.119 e. The van der Waals surface area contributed by atoms with Crippen molar-refractivity contribution >= 4 is 17.4 Å². The molecule has 0 aromatic heterocycles. The van der Waals surface area contributed by atoms with Gasteiger partial charge in [-0.15, -0.1) is 0 Å². The van der Waals surface area contributed by atoms with Crippen molar-refractivity contribution < 1.29 is 4.74 Å². The summed E-state index contributed by atoms with van der Waals surface area (Å²) < 4.78 is 5.12. The van der Waals surface area contributed by atoms with Crippen LogP contribution in [-0.4, -0.2) is 13.1 Å². The Morgan fingerprint density at radius 3 is 2.52 bits per heavy atom. The normalized spacial score (nSPS) is 9.24.